The second kappa shape index (κ2) is 7.44. The average molecular weight is 408 g/mol. The van der Waals surface area contributed by atoms with E-state index in [0.717, 1.165) is 5.69 Å². The van der Waals surface area contributed by atoms with Crippen molar-refractivity contribution in [1.29, 1.82) is 0 Å². The molecule has 0 bridgehead atoms. The van der Waals surface area contributed by atoms with Crippen molar-refractivity contribution >= 4 is 23.2 Å². The van der Waals surface area contributed by atoms with Gasteiger partial charge in [0.25, 0.3) is 5.91 Å². The molecule has 0 atom stereocenters. The van der Waals surface area contributed by atoms with E-state index in [4.69, 9.17) is 11.6 Å². The summed E-state index contributed by atoms with van der Waals surface area (Å²) in [5, 5.41) is 7.81. The molecular formula is C21H18ClN5O2. The first-order valence-corrected chi connectivity index (χ1v) is 9.29. The van der Waals surface area contributed by atoms with E-state index in [-0.39, 0.29) is 11.6 Å². The smallest absolute Gasteiger partial charge is 0.322 e. The van der Waals surface area contributed by atoms with Gasteiger partial charge in [0.15, 0.2) is 0 Å². The minimum absolute atomic E-state index is 0.237. The number of halogens is 1. The Balaban J connectivity index is 1.68. The quantitative estimate of drug-likeness (QED) is 0.540. The Labute approximate surface area is 171 Å². The summed E-state index contributed by atoms with van der Waals surface area (Å²) < 4.78 is 3.11. The Morgan fingerprint density at radius 3 is 2.69 bits per heavy atom. The van der Waals surface area contributed by atoms with Crippen molar-refractivity contribution in [3.8, 4) is 16.9 Å². The summed E-state index contributed by atoms with van der Waals surface area (Å²) >= 11 is 6.30. The molecule has 0 radical (unpaired) electrons. The molecule has 0 saturated carbocycles. The summed E-state index contributed by atoms with van der Waals surface area (Å²) in [6.07, 6.45) is 3.29. The molecule has 0 aliphatic rings. The van der Waals surface area contributed by atoms with Gasteiger partial charge in [0.2, 0.25) is 0 Å². The van der Waals surface area contributed by atoms with Gasteiger partial charge in [0.05, 0.1) is 16.3 Å². The number of carbonyl (C=O) groups is 1. The second-order valence-corrected chi connectivity index (χ2v) is 7.03. The number of carbonyl (C=O) groups excluding carboxylic acids is 1. The first-order valence-electron chi connectivity index (χ1n) is 8.91. The number of hydrogen-bond donors (Lipinski definition) is 2. The normalized spacial score (nSPS) is 10.9. The fourth-order valence-electron chi connectivity index (χ4n) is 3.20. The lowest BCUT2D eigenvalue weighted by molar-refractivity contribution is 0.102. The fourth-order valence-corrected chi connectivity index (χ4v) is 3.43. The third-order valence-electron chi connectivity index (χ3n) is 4.52. The van der Waals surface area contributed by atoms with Crippen LogP contribution in [0.3, 0.4) is 0 Å². The van der Waals surface area contributed by atoms with Gasteiger partial charge in [-0.1, -0.05) is 35.9 Å². The second-order valence-electron chi connectivity index (χ2n) is 6.62. The first kappa shape index (κ1) is 18.8. The van der Waals surface area contributed by atoms with Gasteiger partial charge in [-0.2, -0.15) is 5.10 Å². The molecule has 1 amide bonds. The Hall–Kier alpha value is -3.58. The molecule has 0 unspecified atom stereocenters. The molecular weight excluding hydrogens is 390 g/mol. The molecule has 0 aliphatic carbocycles. The Kier molecular flexibility index (Phi) is 4.82. The van der Waals surface area contributed by atoms with E-state index in [1.54, 1.807) is 54.5 Å². The van der Waals surface area contributed by atoms with Gasteiger partial charge < -0.3 is 10.3 Å². The monoisotopic (exact) mass is 407 g/mol. The molecule has 0 aliphatic heterocycles. The number of amides is 1. The van der Waals surface area contributed by atoms with E-state index in [9.17, 15) is 9.59 Å². The van der Waals surface area contributed by atoms with Crippen molar-refractivity contribution in [2.75, 3.05) is 5.32 Å². The molecule has 0 saturated heterocycles. The molecule has 29 heavy (non-hydrogen) atoms. The van der Waals surface area contributed by atoms with E-state index in [0.29, 0.717) is 33.2 Å². The number of aromatic amines is 1. The lowest BCUT2D eigenvalue weighted by Gasteiger charge is -2.09. The first-order chi connectivity index (χ1) is 13.9. The Bertz CT molecular complexity index is 1270. The standard InChI is InChI=1S/C21H18ClN5O2/c1-13-11-23-21(29)27(13)15-7-5-6-14(10-15)24-20(28)17-12-26(2)25-19(17)16-8-3-4-9-18(16)22/h3-12H,1-2H3,(H,23,29)(H,24,28). The number of imidazole rings is 1. The minimum Gasteiger partial charge on any atom is -0.322 e. The van der Waals surface area contributed by atoms with Gasteiger partial charge in [-0.3, -0.25) is 14.0 Å². The van der Waals surface area contributed by atoms with Gasteiger partial charge in [-0.25, -0.2) is 4.79 Å². The maximum atomic E-state index is 13.0. The summed E-state index contributed by atoms with van der Waals surface area (Å²) in [5.41, 5.74) is 3.35. The molecule has 146 valence electrons. The number of hydrogen-bond acceptors (Lipinski definition) is 3. The van der Waals surface area contributed by atoms with E-state index in [2.05, 4.69) is 15.4 Å². The molecule has 8 heteroatoms. The number of H-pyrrole nitrogens is 1. The number of anilines is 1. The summed E-state index contributed by atoms with van der Waals surface area (Å²) in [7, 11) is 1.75. The van der Waals surface area contributed by atoms with Crippen LogP contribution in [-0.4, -0.2) is 25.2 Å². The number of aromatic nitrogens is 4. The molecule has 7 nitrogen and oxygen atoms in total. The molecule has 2 N–H and O–H groups in total. The van der Waals surface area contributed by atoms with Crippen LogP contribution in [0.25, 0.3) is 16.9 Å². The van der Waals surface area contributed by atoms with Gasteiger partial charge >= 0.3 is 5.69 Å². The lowest BCUT2D eigenvalue weighted by Crippen LogP contribution is -2.17. The summed E-state index contributed by atoms with van der Waals surface area (Å²) in [6.45, 7) is 1.83. The van der Waals surface area contributed by atoms with Gasteiger partial charge in [-0.15, -0.1) is 0 Å². The van der Waals surface area contributed by atoms with Crippen LogP contribution in [0.15, 0.2) is 65.7 Å². The van der Waals surface area contributed by atoms with Crippen molar-refractivity contribution in [3.63, 3.8) is 0 Å². The van der Waals surface area contributed by atoms with E-state index in [1.807, 2.05) is 25.1 Å². The van der Waals surface area contributed by atoms with Crippen molar-refractivity contribution in [3.05, 3.63) is 87.7 Å². The Morgan fingerprint density at radius 2 is 1.97 bits per heavy atom. The van der Waals surface area contributed by atoms with Crippen LogP contribution in [0.1, 0.15) is 16.1 Å². The van der Waals surface area contributed by atoms with Crippen molar-refractivity contribution < 1.29 is 4.79 Å². The van der Waals surface area contributed by atoms with Crippen LogP contribution in [0.4, 0.5) is 5.69 Å². The maximum absolute atomic E-state index is 13.0. The number of benzene rings is 2. The van der Waals surface area contributed by atoms with Crippen LogP contribution in [0.2, 0.25) is 5.02 Å². The van der Waals surface area contributed by atoms with Crippen LogP contribution in [0, 0.1) is 6.92 Å². The highest BCUT2D eigenvalue weighted by atomic mass is 35.5. The summed E-state index contributed by atoms with van der Waals surface area (Å²) in [4.78, 5) is 27.7. The third kappa shape index (κ3) is 3.60. The zero-order valence-electron chi connectivity index (χ0n) is 15.8. The predicted molar refractivity (Wildman–Crippen MR) is 113 cm³/mol. The SMILES string of the molecule is Cc1c[nH]c(=O)n1-c1cccc(NC(=O)c2cn(C)nc2-c2ccccc2Cl)c1. The molecule has 0 spiro atoms. The van der Waals surface area contributed by atoms with E-state index < -0.39 is 0 Å². The van der Waals surface area contributed by atoms with E-state index >= 15 is 0 Å². The average Bonchev–Trinajstić information content (AvgIpc) is 3.24. The minimum atomic E-state index is -0.316. The highest BCUT2D eigenvalue weighted by Gasteiger charge is 2.19. The lowest BCUT2D eigenvalue weighted by atomic mass is 10.1. The number of aryl methyl sites for hydroxylation is 2. The molecule has 4 rings (SSSR count). The summed E-state index contributed by atoms with van der Waals surface area (Å²) in [5.74, 6) is -0.316. The maximum Gasteiger partial charge on any atom is 0.330 e. The third-order valence-corrected chi connectivity index (χ3v) is 4.85. The van der Waals surface area contributed by atoms with Crippen molar-refractivity contribution in [2.24, 2.45) is 7.05 Å². The fraction of sp³-hybridized carbons (Fsp3) is 0.0952. The summed E-state index contributed by atoms with van der Waals surface area (Å²) in [6, 6.07) is 14.3. The molecule has 2 aromatic carbocycles. The molecule has 0 fully saturated rings. The van der Waals surface area contributed by atoms with Crippen LogP contribution >= 0.6 is 11.6 Å². The predicted octanol–water partition coefficient (Wildman–Crippen LogP) is 3.78. The van der Waals surface area contributed by atoms with Crippen LogP contribution < -0.4 is 11.0 Å². The number of rotatable bonds is 4. The zero-order chi connectivity index (χ0) is 20.5. The zero-order valence-corrected chi connectivity index (χ0v) is 16.6. The molecule has 2 heterocycles. The molecule has 4 aromatic rings. The highest BCUT2D eigenvalue weighted by Crippen LogP contribution is 2.29. The van der Waals surface area contributed by atoms with E-state index in [1.165, 1.54) is 4.57 Å². The van der Waals surface area contributed by atoms with Gasteiger partial charge in [0.1, 0.15) is 5.69 Å². The largest absolute Gasteiger partial charge is 0.330 e. The van der Waals surface area contributed by atoms with Crippen molar-refractivity contribution in [1.82, 2.24) is 19.3 Å². The molecule has 2 aromatic heterocycles. The van der Waals surface area contributed by atoms with Gasteiger partial charge in [0, 0.05) is 36.4 Å². The number of nitrogens with one attached hydrogen (secondary N) is 2. The van der Waals surface area contributed by atoms with Crippen molar-refractivity contribution in [2.45, 2.75) is 6.92 Å². The van der Waals surface area contributed by atoms with Gasteiger partial charge in [-0.05, 0) is 31.2 Å². The highest BCUT2D eigenvalue weighted by molar-refractivity contribution is 6.33. The topological polar surface area (TPSA) is 84.7 Å². The Morgan fingerprint density at radius 1 is 1.17 bits per heavy atom. The van der Waals surface area contributed by atoms with Crippen LogP contribution in [0.5, 0.6) is 0 Å². The number of nitrogens with zero attached hydrogens (tertiary/aromatic N) is 3. The van der Waals surface area contributed by atoms with Crippen LogP contribution in [-0.2, 0) is 7.05 Å².